The van der Waals surface area contributed by atoms with E-state index in [9.17, 15) is 0 Å². The van der Waals surface area contributed by atoms with E-state index >= 15 is 0 Å². The van der Waals surface area contributed by atoms with Crippen LogP contribution in [0.1, 0.15) is 137 Å². The lowest BCUT2D eigenvalue weighted by Gasteiger charge is -2.08. The van der Waals surface area contributed by atoms with E-state index in [1.165, 1.54) is 22.6 Å². The fourth-order valence-electron chi connectivity index (χ4n) is 2.25. The molecule has 2 aromatic heterocycles. The highest BCUT2D eigenvalue weighted by atomic mass is 14.7. The van der Waals surface area contributed by atoms with Crippen LogP contribution in [-0.2, 0) is 0 Å². The van der Waals surface area contributed by atoms with Crippen molar-refractivity contribution in [3.05, 3.63) is 59.2 Å². The first-order valence-corrected chi connectivity index (χ1v) is 11.1. The van der Waals surface area contributed by atoms with Gasteiger partial charge in [-0.1, -0.05) is 96.6 Å². The lowest BCUT2D eigenvalue weighted by molar-refractivity contribution is 0.765. The predicted molar refractivity (Wildman–Crippen MR) is 134 cm³/mol. The molecule has 0 bridgehead atoms. The van der Waals surface area contributed by atoms with Gasteiger partial charge < -0.3 is 0 Å². The molecule has 0 spiro atoms. The van der Waals surface area contributed by atoms with Gasteiger partial charge in [0.15, 0.2) is 0 Å². The van der Waals surface area contributed by atoms with Crippen molar-refractivity contribution in [1.29, 1.82) is 0 Å². The Hall–Kier alpha value is -1.70. The third-order valence-corrected chi connectivity index (χ3v) is 4.04. The molecule has 2 heteroatoms. The van der Waals surface area contributed by atoms with Crippen molar-refractivity contribution in [2.24, 2.45) is 0 Å². The molecule has 2 heterocycles. The summed E-state index contributed by atoms with van der Waals surface area (Å²) in [7, 11) is 0. The van der Waals surface area contributed by atoms with E-state index in [1.54, 1.807) is 0 Å². The summed E-state index contributed by atoms with van der Waals surface area (Å²) in [6, 6.07) is 10.6. The molecule has 2 nitrogen and oxygen atoms in total. The Morgan fingerprint density at radius 1 is 0.586 bits per heavy atom. The van der Waals surface area contributed by atoms with E-state index < -0.39 is 0 Å². The van der Waals surface area contributed by atoms with Crippen LogP contribution < -0.4 is 0 Å². The zero-order valence-electron chi connectivity index (χ0n) is 20.7. The van der Waals surface area contributed by atoms with E-state index in [1.807, 2.05) is 33.9 Å². The monoisotopic (exact) mass is 402 g/mol. The van der Waals surface area contributed by atoms with Crippen molar-refractivity contribution in [2.45, 2.75) is 114 Å². The average Bonchev–Trinajstić information content (AvgIpc) is 2.71. The minimum Gasteiger partial charge on any atom is -0.261 e. The largest absolute Gasteiger partial charge is 0.261 e. The summed E-state index contributed by atoms with van der Waals surface area (Å²) < 4.78 is 0. The number of hydrogen-bond donors (Lipinski definition) is 0. The van der Waals surface area contributed by atoms with Crippen LogP contribution >= 0.6 is 0 Å². The first-order valence-electron chi connectivity index (χ1n) is 11.1. The summed E-state index contributed by atoms with van der Waals surface area (Å²) in [4.78, 5) is 8.89. The van der Waals surface area contributed by atoms with Crippen molar-refractivity contribution in [3.63, 3.8) is 0 Å². The van der Waals surface area contributed by atoms with E-state index in [-0.39, 0.29) is 7.43 Å². The van der Waals surface area contributed by atoms with Gasteiger partial charge in [0.1, 0.15) is 0 Å². The predicted octanol–water partition coefficient (Wildman–Crippen LogP) is 9.35. The van der Waals surface area contributed by atoms with Gasteiger partial charge in [0.25, 0.3) is 0 Å². The fraction of sp³-hybridized carbons (Fsp3) is 0.630. The van der Waals surface area contributed by atoms with Gasteiger partial charge in [0.05, 0.1) is 0 Å². The van der Waals surface area contributed by atoms with Crippen LogP contribution in [0.4, 0.5) is 0 Å². The van der Waals surface area contributed by atoms with Crippen molar-refractivity contribution in [1.82, 2.24) is 9.97 Å². The first-order chi connectivity index (χ1) is 13.2. The molecule has 2 rings (SSSR count). The second kappa shape index (κ2) is 18.3. The molecule has 0 aliphatic rings. The molecule has 0 aliphatic heterocycles. The van der Waals surface area contributed by atoms with Gasteiger partial charge in [-0.3, -0.25) is 9.97 Å². The van der Waals surface area contributed by atoms with Gasteiger partial charge in [-0.25, -0.2) is 0 Å². The number of aromatic nitrogens is 2. The van der Waals surface area contributed by atoms with Crippen LogP contribution in [-0.4, -0.2) is 9.97 Å². The first kappa shape index (κ1) is 32.0. The van der Waals surface area contributed by atoms with E-state index in [2.05, 4.69) is 95.7 Å². The maximum absolute atomic E-state index is 4.57. The fourth-order valence-corrected chi connectivity index (χ4v) is 2.25. The molecular formula is C27H50N2. The second-order valence-electron chi connectivity index (χ2n) is 7.62. The Morgan fingerprint density at radius 2 is 1.00 bits per heavy atom. The number of nitrogens with zero attached hydrogens (tertiary/aromatic N) is 2. The molecular weight excluding hydrogens is 352 g/mol. The molecule has 0 aliphatic carbocycles. The molecule has 0 aromatic carbocycles. The highest BCUT2D eigenvalue weighted by Gasteiger charge is 2.04. The second-order valence-corrected chi connectivity index (χ2v) is 7.62. The smallest absolute Gasteiger partial charge is 0.0432 e. The Morgan fingerprint density at radius 3 is 1.34 bits per heavy atom. The van der Waals surface area contributed by atoms with Crippen molar-refractivity contribution in [3.8, 4) is 0 Å². The van der Waals surface area contributed by atoms with Gasteiger partial charge in [0, 0.05) is 23.3 Å². The lowest BCUT2D eigenvalue weighted by atomic mass is 10.0. The molecule has 0 unspecified atom stereocenters. The van der Waals surface area contributed by atoms with Gasteiger partial charge in [0.2, 0.25) is 0 Å². The molecule has 0 radical (unpaired) electrons. The third-order valence-electron chi connectivity index (χ3n) is 4.04. The number of hydrogen-bond acceptors (Lipinski definition) is 2. The SMILES string of the molecule is C.CC.CC.CC(C)c1cccc(C(C)C)n1.CC(C)c1ccnc(C(C)C)c1. The van der Waals surface area contributed by atoms with Crippen LogP contribution in [0, 0.1) is 0 Å². The highest BCUT2D eigenvalue weighted by molar-refractivity contribution is 5.21. The van der Waals surface area contributed by atoms with Crippen molar-refractivity contribution >= 4 is 0 Å². The van der Waals surface area contributed by atoms with Crippen LogP contribution in [0.3, 0.4) is 0 Å². The van der Waals surface area contributed by atoms with Crippen molar-refractivity contribution in [2.75, 3.05) is 0 Å². The summed E-state index contributed by atoms with van der Waals surface area (Å²) in [5.41, 5.74) is 4.97. The lowest BCUT2D eigenvalue weighted by Crippen LogP contribution is -1.98. The van der Waals surface area contributed by atoms with Gasteiger partial charge >= 0.3 is 0 Å². The summed E-state index contributed by atoms with van der Waals surface area (Å²) >= 11 is 0. The summed E-state index contributed by atoms with van der Waals surface area (Å²) in [5.74, 6) is 2.20. The van der Waals surface area contributed by atoms with E-state index in [4.69, 9.17) is 0 Å². The molecule has 0 amide bonds. The molecule has 29 heavy (non-hydrogen) atoms. The minimum atomic E-state index is 0. The normalized spacial score (nSPS) is 9.66. The molecule has 0 saturated heterocycles. The topological polar surface area (TPSA) is 25.8 Å². The molecule has 0 fully saturated rings. The van der Waals surface area contributed by atoms with Crippen LogP contribution in [0.25, 0.3) is 0 Å². The summed E-state index contributed by atoms with van der Waals surface area (Å²) in [5, 5.41) is 0. The highest BCUT2D eigenvalue weighted by Crippen LogP contribution is 2.18. The summed E-state index contributed by atoms with van der Waals surface area (Å²) in [6.07, 6.45) is 1.91. The maximum atomic E-state index is 4.57. The zero-order valence-corrected chi connectivity index (χ0v) is 20.7. The minimum absolute atomic E-state index is 0. The molecule has 0 atom stereocenters. The zero-order chi connectivity index (χ0) is 22.3. The van der Waals surface area contributed by atoms with Gasteiger partial charge in [-0.2, -0.15) is 0 Å². The molecule has 2 aromatic rings. The van der Waals surface area contributed by atoms with Gasteiger partial charge in [-0.05, 0) is 53.5 Å². The van der Waals surface area contributed by atoms with Crippen LogP contribution in [0.15, 0.2) is 36.5 Å². The van der Waals surface area contributed by atoms with E-state index in [0.29, 0.717) is 23.7 Å². The van der Waals surface area contributed by atoms with Crippen molar-refractivity contribution < 1.29 is 0 Å². The maximum Gasteiger partial charge on any atom is 0.0432 e. The Balaban J connectivity index is -0.000000386. The summed E-state index contributed by atoms with van der Waals surface area (Å²) in [6.45, 7) is 25.5. The quantitative estimate of drug-likeness (QED) is 0.509. The molecule has 0 N–H and O–H groups in total. The Kier molecular flexibility index (Phi) is 20.2. The van der Waals surface area contributed by atoms with Crippen LogP contribution in [0.2, 0.25) is 0 Å². The van der Waals surface area contributed by atoms with Crippen LogP contribution in [0.5, 0.6) is 0 Å². The Bertz CT molecular complexity index is 511. The van der Waals surface area contributed by atoms with Gasteiger partial charge in [-0.15, -0.1) is 0 Å². The van der Waals surface area contributed by atoms with E-state index in [0.717, 1.165) is 0 Å². The standard InChI is InChI=1S/2C11H17N.2C2H6.CH4/c1-8(2)10-5-6-12-11(7-10)9(3)4;1-8(2)10-6-5-7-11(12-10)9(3)4;2*1-2;/h2*5-9H,1-4H3;2*1-2H3;1H4. The Labute approximate surface area is 183 Å². The number of pyridine rings is 2. The molecule has 0 saturated carbocycles. The molecule has 168 valence electrons. The third kappa shape index (κ3) is 13.2. The number of rotatable bonds is 4. The average molecular weight is 403 g/mol.